The van der Waals surface area contributed by atoms with Crippen molar-refractivity contribution < 1.29 is 4.79 Å². The zero-order valence-electron chi connectivity index (χ0n) is 12.6. The fourth-order valence-electron chi connectivity index (χ4n) is 3.40. The zero-order valence-corrected chi connectivity index (χ0v) is 13.4. The highest BCUT2D eigenvalue weighted by atomic mass is 32.1. The van der Waals surface area contributed by atoms with Gasteiger partial charge in [-0.2, -0.15) is 5.26 Å². The standard InChI is InChI=1S/C17H22N2OS/c1-12-6-8-17(11-18,9-7-12)19-16(20)15-10-13-4-2-3-5-14(13)21-15/h10,12H,2-9H2,1H3,(H,19,20). The largest absolute Gasteiger partial charge is 0.333 e. The summed E-state index contributed by atoms with van der Waals surface area (Å²) in [6.45, 7) is 2.22. The van der Waals surface area contributed by atoms with Crippen LogP contribution in [-0.2, 0) is 12.8 Å². The van der Waals surface area contributed by atoms with Crippen LogP contribution in [0.1, 0.15) is 65.6 Å². The zero-order chi connectivity index (χ0) is 14.9. The van der Waals surface area contributed by atoms with E-state index in [-0.39, 0.29) is 5.91 Å². The molecule has 1 aromatic heterocycles. The molecule has 1 amide bonds. The second-order valence-electron chi connectivity index (χ2n) is 6.60. The van der Waals surface area contributed by atoms with Crippen molar-refractivity contribution in [3.05, 3.63) is 21.4 Å². The summed E-state index contributed by atoms with van der Waals surface area (Å²) in [5.74, 6) is 0.614. The van der Waals surface area contributed by atoms with Gasteiger partial charge in [-0.3, -0.25) is 4.79 Å². The van der Waals surface area contributed by atoms with Crippen LogP contribution < -0.4 is 5.32 Å². The number of nitrogens with one attached hydrogen (secondary N) is 1. The van der Waals surface area contributed by atoms with Gasteiger partial charge >= 0.3 is 0 Å². The molecular formula is C17H22N2OS. The monoisotopic (exact) mass is 302 g/mol. The Morgan fingerprint density at radius 2 is 2.10 bits per heavy atom. The van der Waals surface area contributed by atoms with Gasteiger partial charge < -0.3 is 5.32 Å². The van der Waals surface area contributed by atoms with Crippen molar-refractivity contribution in [2.24, 2.45) is 5.92 Å². The predicted molar refractivity (Wildman–Crippen MR) is 84.4 cm³/mol. The summed E-state index contributed by atoms with van der Waals surface area (Å²) in [4.78, 5) is 14.7. The van der Waals surface area contributed by atoms with Crippen LogP contribution in [0, 0.1) is 17.2 Å². The molecule has 0 unspecified atom stereocenters. The molecule has 0 aliphatic heterocycles. The summed E-state index contributed by atoms with van der Waals surface area (Å²) < 4.78 is 0. The Bertz CT molecular complexity index is 553. The number of carbonyl (C=O) groups excluding carboxylic acids is 1. The number of hydrogen-bond donors (Lipinski definition) is 1. The molecule has 112 valence electrons. The molecule has 3 nitrogen and oxygen atoms in total. The van der Waals surface area contributed by atoms with Crippen molar-refractivity contribution in [1.29, 1.82) is 5.26 Å². The first kappa shape index (κ1) is 14.6. The minimum absolute atomic E-state index is 0.0505. The SMILES string of the molecule is CC1CCC(C#N)(NC(=O)c2cc3c(s2)CCCC3)CC1. The van der Waals surface area contributed by atoms with E-state index < -0.39 is 5.54 Å². The van der Waals surface area contributed by atoms with Gasteiger partial charge in [0, 0.05) is 4.88 Å². The van der Waals surface area contributed by atoms with E-state index in [2.05, 4.69) is 18.3 Å². The third-order valence-corrected chi connectivity index (χ3v) is 6.15. The minimum atomic E-state index is -0.645. The molecule has 4 heteroatoms. The van der Waals surface area contributed by atoms with Gasteiger partial charge in [-0.25, -0.2) is 0 Å². The third-order valence-electron chi connectivity index (χ3n) is 4.92. The van der Waals surface area contributed by atoms with Crippen molar-refractivity contribution >= 4 is 17.2 Å². The summed E-state index contributed by atoms with van der Waals surface area (Å²) in [5, 5.41) is 12.6. The summed E-state index contributed by atoms with van der Waals surface area (Å²) in [5.41, 5.74) is 0.702. The molecule has 2 aliphatic rings. The second kappa shape index (κ2) is 5.81. The van der Waals surface area contributed by atoms with E-state index in [1.165, 1.54) is 23.3 Å². The van der Waals surface area contributed by atoms with Gasteiger partial charge in [-0.05, 0) is 68.9 Å². The molecule has 2 aliphatic carbocycles. The number of hydrogen-bond acceptors (Lipinski definition) is 3. The molecule has 0 spiro atoms. The highest BCUT2D eigenvalue weighted by Crippen LogP contribution is 2.33. The van der Waals surface area contributed by atoms with Crippen molar-refractivity contribution in [1.82, 2.24) is 5.32 Å². The van der Waals surface area contributed by atoms with Crippen molar-refractivity contribution in [3.63, 3.8) is 0 Å². The summed E-state index contributed by atoms with van der Waals surface area (Å²) >= 11 is 1.62. The number of nitrogens with zero attached hydrogens (tertiary/aromatic N) is 1. The van der Waals surface area contributed by atoms with Crippen LogP contribution >= 0.6 is 11.3 Å². The topological polar surface area (TPSA) is 52.9 Å². The number of thiophene rings is 1. The van der Waals surface area contributed by atoms with Crippen LogP contribution in [0.4, 0.5) is 0 Å². The van der Waals surface area contributed by atoms with Crippen LogP contribution in [0.3, 0.4) is 0 Å². The average molecular weight is 302 g/mol. The van der Waals surface area contributed by atoms with Crippen LogP contribution in [0.25, 0.3) is 0 Å². The number of carbonyl (C=O) groups is 1. The Kier molecular flexibility index (Phi) is 4.03. The van der Waals surface area contributed by atoms with Crippen LogP contribution in [0.15, 0.2) is 6.07 Å². The fourth-order valence-corrected chi connectivity index (χ4v) is 4.55. The number of aryl methyl sites for hydroxylation is 2. The maximum atomic E-state index is 12.5. The van der Waals surface area contributed by atoms with E-state index >= 15 is 0 Å². The number of nitriles is 1. The molecule has 0 bridgehead atoms. The third kappa shape index (κ3) is 2.98. The first-order valence-electron chi connectivity index (χ1n) is 7.97. The van der Waals surface area contributed by atoms with Gasteiger partial charge in [-0.1, -0.05) is 6.92 Å². The van der Waals surface area contributed by atoms with Gasteiger partial charge in [0.1, 0.15) is 5.54 Å². The molecule has 1 saturated carbocycles. The maximum absolute atomic E-state index is 12.5. The lowest BCUT2D eigenvalue weighted by atomic mass is 9.78. The maximum Gasteiger partial charge on any atom is 0.262 e. The number of amides is 1. The fraction of sp³-hybridized carbons (Fsp3) is 0.647. The molecule has 1 N–H and O–H groups in total. The Morgan fingerprint density at radius 1 is 1.38 bits per heavy atom. The Hall–Kier alpha value is -1.34. The molecule has 3 rings (SSSR count). The Morgan fingerprint density at radius 3 is 2.76 bits per heavy atom. The molecule has 1 heterocycles. The van der Waals surface area contributed by atoms with E-state index in [1.807, 2.05) is 6.07 Å². The van der Waals surface area contributed by atoms with Crippen molar-refractivity contribution in [2.75, 3.05) is 0 Å². The summed E-state index contributed by atoms with van der Waals surface area (Å²) in [7, 11) is 0. The highest BCUT2D eigenvalue weighted by molar-refractivity contribution is 7.14. The highest BCUT2D eigenvalue weighted by Gasteiger charge is 2.36. The first-order valence-corrected chi connectivity index (χ1v) is 8.79. The quantitative estimate of drug-likeness (QED) is 0.902. The van der Waals surface area contributed by atoms with Crippen molar-refractivity contribution in [2.45, 2.75) is 63.8 Å². The number of rotatable bonds is 2. The molecule has 0 atom stereocenters. The van der Waals surface area contributed by atoms with E-state index in [0.717, 1.165) is 43.4 Å². The van der Waals surface area contributed by atoms with Gasteiger partial charge in [0.15, 0.2) is 0 Å². The van der Waals surface area contributed by atoms with Gasteiger partial charge in [0.05, 0.1) is 10.9 Å². The van der Waals surface area contributed by atoms with Crippen LogP contribution in [0.5, 0.6) is 0 Å². The molecule has 21 heavy (non-hydrogen) atoms. The summed E-state index contributed by atoms with van der Waals surface area (Å²) in [6, 6.07) is 4.42. The Labute approximate surface area is 130 Å². The van der Waals surface area contributed by atoms with Gasteiger partial charge in [0.2, 0.25) is 0 Å². The Balaban J connectivity index is 1.73. The van der Waals surface area contributed by atoms with E-state index in [0.29, 0.717) is 5.92 Å². The van der Waals surface area contributed by atoms with Crippen LogP contribution in [0.2, 0.25) is 0 Å². The molecule has 0 aromatic carbocycles. The van der Waals surface area contributed by atoms with Crippen molar-refractivity contribution in [3.8, 4) is 6.07 Å². The summed E-state index contributed by atoms with van der Waals surface area (Å²) in [6.07, 6.45) is 8.26. The van der Waals surface area contributed by atoms with Gasteiger partial charge in [0.25, 0.3) is 5.91 Å². The molecule has 1 aromatic rings. The average Bonchev–Trinajstić information content (AvgIpc) is 2.94. The minimum Gasteiger partial charge on any atom is -0.333 e. The predicted octanol–water partition coefficient (Wildman–Crippen LogP) is 3.83. The van der Waals surface area contributed by atoms with E-state index in [1.54, 1.807) is 11.3 Å². The van der Waals surface area contributed by atoms with E-state index in [9.17, 15) is 10.1 Å². The van der Waals surface area contributed by atoms with Gasteiger partial charge in [-0.15, -0.1) is 11.3 Å². The molecule has 0 radical (unpaired) electrons. The number of fused-ring (bicyclic) bond motifs is 1. The lowest BCUT2D eigenvalue weighted by Gasteiger charge is -2.34. The lowest BCUT2D eigenvalue weighted by Crippen LogP contribution is -2.49. The molecular weight excluding hydrogens is 280 g/mol. The molecule has 0 saturated heterocycles. The van der Waals surface area contributed by atoms with Crippen LogP contribution in [-0.4, -0.2) is 11.4 Å². The lowest BCUT2D eigenvalue weighted by molar-refractivity contribution is 0.0898. The normalized spacial score (nSPS) is 28.5. The molecule has 1 fully saturated rings. The van der Waals surface area contributed by atoms with E-state index in [4.69, 9.17) is 0 Å². The smallest absolute Gasteiger partial charge is 0.262 e. The second-order valence-corrected chi connectivity index (χ2v) is 7.73. The first-order chi connectivity index (χ1) is 10.1.